The lowest BCUT2D eigenvalue weighted by atomic mass is 9.78. The molecule has 0 aliphatic heterocycles. The first-order valence-corrected chi connectivity index (χ1v) is 8.21. The summed E-state index contributed by atoms with van der Waals surface area (Å²) < 4.78 is 0. The van der Waals surface area contributed by atoms with Crippen molar-refractivity contribution in [2.45, 2.75) is 85.2 Å². The van der Waals surface area contributed by atoms with Crippen molar-refractivity contribution in [3.63, 3.8) is 0 Å². The van der Waals surface area contributed by atoms with Crippen molar-refractivity contribution in [2.24, 2.45) is 11.3 Å². The summed E-state index contributed by atoms with van der Waals surface area (Å²) in [6.07, 6.45) is 7.11. The highest BCUT2D eigenvalue weighted by molar-refractivity contribution is 4.88. The van der Waals surface area contributed by atoms with Crippen LogP contribution in [0.5, 0.6) is 0 Å². The molecular weight excluding hydrogens is 232 g/mol. The lowest BCUT2D eigenvalue weighted by molar-refractivity contribution is 0.214. The quantitative estimate of drug-likeness (QED) is 0.730. The summed E-state index contributed by atoms with van der Waals surface area (Å²) >= 11 is 0. The van der Waals surface area contributed by atoms with Crippen LogP contribution in [0.25, 0.3) is 0 Å². The molecule has 1 aliphatic carbocycles. The van der Waals surface area contributed by atoms with Crippen molar-refractivity contribution in [1.82, 2.24) is 10.6 Å². The second kappa shape index (κ2) is 7.08. The summed E-state index contributed by atoms with van der Waals surface area (Å²) in [5.41, 5.74) is 0.809. The molecular formula is C17H36N2. The van der Waals surface area contributed by atoms with Crippen molar-refractivity contribution in [2.75, 3.05) is 13.1 Å². The highest BCUT2D eigenvalue weighted by Gasteiger charge is 2.34. The van der Waals surface area contributed by atoms with Crippen LogP contribution in [0.3, 0.4) is 0 Å². The first kappa shape index (κ1) is 17.0. The zero-order valence-corrected chi connectivity index (χ0v) is 14.1. The number of hydrogen-bond donors (Lipinski definition) is 2. The zero-order chi connectivity index (χ0) is 14.5. The van der Waals surface area contributed by atoms with E-state index >= 15 is 0 Å². The second-order valence-corrected chi connectivity index (χ2v) is 8.22. The lowest BCUT2D eigenvalue weighted by Gasteiger charge is -2.33. The van der Waals surface area contributed by atoms with E-state index in [0.29, 0.717) is 11.5 Å². The van der Waals surface area contributed by atoms with Gasteiger partial charge in [0.2, 0.25) is 0 Å². The molecule has 2 N–H and O–H groups in total. The fourth-order valence-electron chi connectivity index (χ4n) is 3.37. The van der Waals surface area contributed by atoms with Gasteiger partial charge in [-0.3, -0.25) is 0 Å². The Balaban J connectivity index is 2.35. The molecule has 0 spiro atoms. The third kappa shape index (κ3) is 6.76. The predicted octanol–water partition coefficient (Wildman–Crippen LogP) is 3.96. The summed E-state index contributed by atoms with van der Waals surface area (Å²) in [7, 11) is 0. The molecule has 0 radical (unpaired) electrons. The van der Waals surface area contributed by atoms with Gasteiger partial charge in [-0.2, -0.15) is 0 Å². The maximum absolute atomic E-state index is 3.78. The summed E-state index contributed by atoms with van der Waals surface area (Å²) in [6, 6.07) is 0.559. The first-order chi connectivity index (χ1) is 8.72. The summed E-state index contributed by atoms with van der Waals surface area (Å²) in [4.78, 5) is 0. The Kier molecular flexibility index (Phi) is 6.32. The van der Waals surface area contributed by atoms with E-state index < -0.39 is 0 Å². The number of nitrogens with one attached hydrogen (secondary N) is 2. The van der Waals surface area contributed by atoms with Crippen molar-refractivity contribution in [1.29, 1.82) is 0 Å². The van der Waals surface area contributed by atoms with E-state index in [1.807, 2.05) is 0 Å². The standard InChI is InChI=1S/C17H36N2/c1-14(2)11-17(9-7-8-10-17)13-18-15(3)12-19-16(4,5)6/h14-15,18-19H,7-13H2,1-6H3. The maximum Gasteiger partial charge on any atom is 0.0164 e. The molecule has 1 fully saturated rings. The highest BCUT2D eigenvalue weighted by Crippen LogP contribution is 2.42. The van der Waals surface area contributed by atoms with Gasteiger partial charge in [-0.25, -0.2) is 0 Å². The topological polar surface area (TPSA) is 24.1 Å². The third-order valence-corrected chi connectivity index (χ3v) is 4.27. The highest BCUT2D eigenvalue weighted by atomic mass is 15.0. The van der Waals surface area contributed by atoms with Gasteiger partial charge in [0.1, 0.15) is 0 Å². The molecule has 1 aliphatic rings. The SMILES string of the molecule is CC(C)CC1(CNC(C)CNC(C)(C)C)CCCC1. The maximum atomic E-state index is 3.78. The van der Waals surface area contributed by atoms with Crippen LogP contribution >= 0.6 is 0 Å². The van der Waals surface area contributed by atoms with E-state index in [4.69, 9.17) is 0 Å². The lowest BCUT2D eigenvalue weighted by Crippen LogP contribution is -2.47. The van der Waals surface area contributed by atoms with Gasteiger partial charge in [-0.15, -0.1) is 0 Å². The van der Waals surface area contributed by atoms with E-state index in [9.17, 15) is 0 Å². The first-order valence-electron chi connectivity index (χ1n) is 8.21. The fraction of sp³-hybridized carbons (Fsp3) is 1.00. The van der Waals surface area contributed by atoms with Crippen LogP contribution in [-0.2, 0) is 0 Å². The molecule has 0 bridgehead atoms. The average molecular weight is 268 g/mol. The van der Waals surface area contributed by atoms with Crippen LogP contribution in [0, 0.1) is 11.3 Å². The van der Waals surface area contributed by atoms with Gasteiger partial charge in [-0.1, -0.05) is 26.7 Å². The molecule has 2 heteroatoms. The van der Waals surface area contributed by atoms with E-state index in [1.54, 1.807) is 0 Å². The van der Waals surface area contributed by atoms with Crippen molar-refractivity contribution in [3.05, 3.63) is 0 Å². The molecule has 114 valence electrons. The van der Waals surface area contributed by atoms with Gasteiger partial charge in [0.15, 0.2) is 0 Å². The third-order valence-electron chi connectivity index (χ3n) is 4.27. The monoisotopic (exact) mass is 268 g/mol. The minimum Gasteiger partial charge on any atom is -0.312 e. The molecule has 1 unspecified atom stereocenters. The van der Waals surface area contributed by atoms with Crippen LogP contribution in [0.2, 0.25) is 0 Å². The largest absolute Gasteiger partial charge is 0.312 e. The Morgan fingerprint density at radius 1 is 1.05 bits per heavy atom. The molecule has 0 heterocycles. The molecule has 0 aromatic carbocycles. The molecule has 0 amide bonds. The number of rotatable bonds is 7. The zero-order valence-electron chi connectivity index (χ0n) is 14.1. The smallest absolute Gasteiger partial charge is 0.0164 e. The van der Waals surface area contributed by atoms with E-state index in [0.717, 1.165) is 12.5 Å². The normalized spacial score (nSPS) is 21.0. The Morgan fingerprint density at radius 2 is 1.63 bits per heavy atom. The van der Waals surface area contributed by atoms with Crippen LogP contribution < -0.4 is 10.6 Å². The summed E-state index contributed by atoms with van der Waals surface area (Å²) in [6.45, 7) is 16.0. The van der Waals surface area contributed by atoms with Crippen molar-refractivity contribution >= 4 is 0 Å². The molecule has 1 saturated carbocycles. The summed E-state index contributed by atoms with van der Waals surface area (Å²) in [5, 5.41) is 7.37. The molecule has 2 nitrogen and oxygen atoms in total. The molecule has 0 aromatic heterocycles. The van der Waals surface area contributed by atoms with Crippen LogP contribution in [0.1, 0.15) is 73.6 Å². The Morgan fingerprint density at radius 3 is 2.11 bits per heavy atom. The van der Waals surface area contributed by atoms with Gasteiger partial charge in [0.05, 0.1) is 0 Å². The van der Waals surface area contributed by atoms with Gasteiger partial charge < -0.3 is 10.6 Å². The Labute approximate surface area is 121 Å². The second-order valence-electron chi connectivity index (χ2n) is 8.22. The average Bonchev–Trinajstić information content (AvgIpc) is 2.71. The van der Waals surface area contributed by atoms with Crippen LogP contribution in [-0.4, -0.2) is 24.7 Å². The van der Waals surface area contributed by atoms with Crippen LogP contribution in [0.4, 0.5) is 0 Å². The van der Waals surface area contributed by atoms with E-state index in [1.165, 1.54) is 38.6 Å². The van der Waals surface area contributed by atoms with Gasteiger partial charge in [-0.05, 0) is 58.3 Å². The minimum atomic E-state index is 0.221. The predicted molar refractivity (Wildman–Crippen MR) is 85.6 cm³/mol. The number of hydrogen-bond acceptors (Lipinski definition) is 2. The van der Waals surface area contributed by atoms with Crippen molar-refractivity contribution < 1.29 is 0 Å². The van der Waals surface area contributed by atoms with Gasteiger partial charge in [0.25, 0.3) is 0 Å². The Hall–Kier alpha value is -0.0800. The Bertz CT molecular complexity index is 246. The molecule has 0 aromatic rings. The fourth-order valence-corrected chi connectivity index (χ4v) is 3.37. The minimum absolute atomic E-state index is 0.221. The molecule has 1 atom stereocenters. The van der Waals surface area contributed by atoms with Crippen molar-refractivity contribution in [3.8, 4) is 0 Å². The van der Waals surface area contributed by atoms with Crippen LogP contribution in [0.15, 0.2) is 0 Å². The summed E-state index contributed by atoms with van der Waals surface area (Å²) in [5.74, 6) is 0.822. The van der Waals surface area contributed by atoms with E-state index in [-0.39, 0.29) is 5.54 Å². The molecule has 1 rings (SSSR count). The molecule has 0 saturated heterocycles. The van der Waals surface area contributed by atoms with E-state index in [2.05, 4.69) is 52.2 Å². The van der Waals surface area contributed by atoms with Gasteiger partial charge >= 0.3 is 0 Å². The van der Waals surface area contributed by atoms with Gasteiger partial charge in [0, 0.05) is 24.7 Å². The molecule has 19 heavy (non-hydrogen) atoms.